The molecular weight excluding hydrogens is 202 g/mol. The molecule has 3 N–H and O–H groups in total. The van der Waals surface area contributed by atoms with Crippen molar-refractivity contribution in [2.75, 3.05) is 38.8 Å². The number of nitrogens with two attached hydrogens (primary N) is 1. The molecule has 0 aliphatic heterocycles. The average molecular weight is 223 g/mol. The highest BCUT2D eigenvalue weighted by atomic mass is 16.5. The number of methoxy groups -OCH3 is 1. The first kappa shape index (κ1) is 12.6. The molecule has 0 saturated heterocycles. The second-order valence-corrected chi connectivity index (χ2v) is 4.23. The summed E-state index contributed by atoms with van der Waals surface area (Å²) in [6.45, 7) is 3.08. The molecule has 0 amide bonds. The molecule has 0 aromatic heterocycles. The predicted octanol–water partition coefficient (Wildman–Crippen LogP) is 1.64. The highest BCUT2D eigenvalue weighted by Crippen LogP contribution is 2.29. The summed E-state index contributed by atoms with van der Waals surface area (Å²) in [5.74, 6) is 0.710. The van der Waals surface area contributed by atoms with Crippen molar-refractivity contribution in [2.24, 2.45) is 0 Å². The second-order valence-electron chi connectivity index (χ2n) is 4.23. The summed E-state index contributed by atoms with van der Waals surface area (Å²) in [6.07, 6.45) is 0. The Balaban J connectivity index is 2.73. The highest BCUT2D eigenvalue weighted by Gasteiger charge is 2.08. The van der Waals surface area contributed by atoms with E-state index in [1.807, 2.05) is 32.3 Å². The minimum Gasteiger partial charge on any atom is -0.495 e. The first-order chi connectivity index (χ1) is 7.54. The Morgan fingerprint density at radius 2 is 2.12 bits per heavy atom. The Labute approximate surface area is 97.4 Å². The van der Waals surface area contributed by atoms with Crippen LogP contribution in [0.5, 0.6) is 5.75 Å². The zero-order valence-electron chi connectivity index (χ0n) is 10.4. The van der Waals surface area contributed by atoms with Crippen LogP contribution in [-0.4, -0.2) is 38.7 Å². The van der Waals surface area contributed by atoms with E-state index in [-0.39, 0.29) is 0 Å². The maximum Gasteiger partial charge on any atom is 0.143 e. The van der Waals surface area contributed by atoms with Gasteiger partial charge in [0.1, 0.15) is 5.75 Å². The lowest BCUT2D eigenvalue weighted by atomic mass is 10.2. The van der Waals surface area contributed by atoms with Gasteiger partial charge in [-0.15, -0.1) is 0 Å². The first-order valence-corrected chi connectivity index (χ1v) is 5.38. The molecule has 0 heterocycles. The van der Waals surface area contributed by atoms with Gasteiger partial charge in [0.15, 0.2) is 0 Å². The second kappa shape index (κ2) is 5.61. The zero-order valence-corrected chi connectivity index (χ0v) is 10.4. The van der Waals surface area contributed by atoms with Crippen LogP contribution >= 0.6 is 0 Å². The number of nitrogens with zero attached hydrogens (tertiary/aromatic N) is 1. The normalized spacial score (nSPS) is 12.6. The molecule has 4 nitrogen and oxygen atoms in total. The number of ether oxygens (including phenoxy) is 1. The van der Waals surface area contributed by atoms with Crippen molar-refractivity contribution in [1.29, 1.82) is 0 Å². The average Bonchev–Trinajstić information content (AvgIpc) is 2.20. The van der Waals surface area contributed by atoms with Crippen molar-refractivity contribution in [3.8, 4) is 5.75 Å². The number of nitrogens with one attached hydrogen (secondary N) is 1. The van der Waals surface area contributed by atoms with E-state index in [0.717, 1.165) is 12.2 Å². The molecule has 0 aliphatic carbocycles. The van der Waals surface area contributed by atoms with Crippen LogP contribution in [0, 0.1) is 0 Å². The van der Waals surface area contributed by atoms with E-state index >= 15 is 0 Å². The van der Waals surface area contributed by atoms with Crippen LogP contribution in [0.25, 0.3) is 0 Å². The fraction of sp³-hybridized carbons (Fsp3) is 0.500. The third kappa shape index (κ3) is 3.31. The number of para-hydroxylation sites is 1. The van der Waals surface area contributed by atoms with Gasteiger partial charge in [0.25, 0.3) is 0 Å². The minimum absolute atomic E-state index is 0.337. The number of hydrogen-bond donors (Lipinski definition) is 2. The molecule has 90 valence electrons. The molecule has 16 heavy (non-hydrogen) atoms. The lowest BCUT2D eigenvalue weighted by molar-refractivity contribution is 0.392. The lowest BCUT2D eigenvalue weighted by Crippen LogP contribution is -2.29. The molecule has 4 heteroatoms. The SMILES string of the molecule is COc1cccc(NC(C)CN(C)C)c1N. The third-order valence-corrected chi connectivity index (χ3v) is 2.33. The van der Waals surface area contributed by atoms with Gasteiger partial charge in [-0.25, -0.2) is 0 Å². The van der Waals surface area contributed by atoms with Crippen LogP contribution in [0.15, 0.2) is 18.2 Å². The summed E-state index contributed by atoms with van der Waals surface area (Å²) < 4.78 is 5.17. The standard InChI is InChI=1S/C12H21N3O/c1-9(8-15(2)3)14-10-6-5-7-11(16-4)12(10)13/h5-7,9,14H,8,13H2,1-4H3. The quantitative estimate of drug-likeness (QED) is 0.745. The lowest BCUT2D eigenvalue weighted by Gasteiger charge is -2.21. The van der Waals surface area contributed by atoms with E-state index in [2.05, 4.69) is 17.1 Å². The summed E-state index contributed by atoms with van der Waals surface area (Å²) >= 11 is 0. The van der Waals surface area contributed by atoms with Crippen LogP contribution in [0.4, 0.5) is 11.4 Å². The van der Waals surface area contributed by atoms with Gasteiger partial charge in [-0.3, -0.25) is 0 Å². The van der Waals surface area contributed by atoms with E-state index in [4.69, 9.17) is 10.5 Å². The van der Waals surface area contributed by atoms with E-state index in [9.17, 15) is 0 Å². The number of benzene rings is 1. The number of likely N-dealkylation sites (N-methyl/N-ethyl adjacent to an activating group) is 1. The summed E-state index contributed by atoms with van der Waals surface area (Å²) in [6, 6.07) is 6.09. The zero-order chi connectivity index (χ0) is 12.1. The van der Waals surface area contributed by atoms with Crippen molar-refractivity contribution < 1.29 is 4.74 Å². The van der Waals surface area contributed by atoms with Gasteiger partial charge >= 0.3 is 0 Å². The topological polar surface area (TPSA) is 50.5 Å². The van der Waals surface area contributed by atoms with Gasteiger partial charge in [0.2, 0.25) is 0 Å². The molecule has 0 fully saturated rings. The Kier molecular flexibility index (Phi) is 4.43. The first-order valence-electron chi connectivity index (χ1n) is 5.38. The van der Waals surface area contributed by atoms with Crippen LogP contribution < -0.4 is 15.8 Å². The van der Waals surface area contributed by atoms with Crippen LogP contribution in [0.3, 0.4) is 0 Å². The summed E-state index contributed by atoms with van der Waals surface area (Å²) in [4.78, 5) is 2.13. The Morgan fingerprint density at radius 3 is 2.69 bits per heavy atom. The summed E-state index contributed by atoms with van der Waals surface area (Å²) in [7, 11) is 5.72. The van der Waals surface area contributed by atoms with Gasteiger partial charge in [-0.2, -0.15) is 0 Å². The number of hydrogen-bond acceptors (Lipinski definition) is 4. The molecule has 0 spiro atoms. The van der Waals surface area contributed by atoms with Crippen molar-refractivity contribution >= 4 is 11.4 Å². The van der Waals surface area contributed by atoms with Gasteiger partial charge < -0.3 is 20.7 Å². The third-order valence-electron chi connectivity index (χ3n) is 2.33. The van der Waals surface area contributed by atoms with Crippen molar-refractivity contribution in [1.82, 2.24) is 4.90 Å². The minimum atomic E-state index is 0.337. The molecule has 0 bridgehead atoms. The summed E-state index contributed by atoms with van der Waals surface area (Å²) in [5.41, 5.74) is 7.56. The predicted molar refractivity (Wildman–Crippen MR) is 69.0 cm³/mol. The fourth-order valence-corrected chi connectivity index (χ4v) is 1.71. The van der Waals surface area contributed by atoms with Crippen molar-refractivity contribution in [3.05, 3.63) is 18.2 Å². The van der Waals surface area contributed by atoms with Crippen LogP contribution in [0.2, 0.25) is 0 Å². The van der Waals surface area contributed by atoms with E-state index < -0.39 is 0 Å². The monoisotopic (exact) mass is 223 g/mol. The van der Waals surface area contributed by atoms with Crippen LogP contribution in [0.1, 0.15) is 6.92 Å². The van der Waals surface area contributed by atoms with E-state index in [1.165, 1.54) is 0 Å². The molecule has 1 aromatic rings. The van der Waals surface area contributed by atoms with Gasteiger partial charge in [-0.1, -0.05) is 6.07 Å². The van der Waals surface area contributed by atoms with Gasteiger partial charge in [0.05, 0.1) is 18.5 Å². The Bertz CT molecular complexity index is 339. The number of rotatable bonds is 5. The Morgan fingerprint density at radius 1 is 1.44 bits per heavy atom. The van der Waals surface area contributed by atoms with E-state index in [0.29, 0.717) is 17.5 Å². The maximum atomic E-state index is 5.97. The molecule has 1 atom stereocenters. The molecule has 1 rings (SSSR count). The molecule has 0 radical (unpaired) electrons. The molecule has 1 aromatic carbocycles. The maximum absolute atomic E-state index is 5.97. The molecule has 0 aliphatic rings. The number of anilines is 2. The largest absolute Gasteiger partial charge is 0.495 e. The molecular formula is C12H21N3O. The van der Waals surface area contributed by atoms with Crippen molar-refractivity contribution in [2.45, 2.75) is 13.0 Å². The molecule has 1 unspecified atom stereocenters. The van der Waals surface area contributed by atoms with E-state index in [1.54, 1.807) is 7.11 Å². The van der Waals surface area contributed by atoms with Crippen molar-refractivity contribution in [3.63, 3.8) is 0 Å². The fourth-order valence-electron chi connectivity index (χ4n) is 1.71. The van der Waals surface area contributed by atoms with Gasteiger partial charge in [0, 0.05) is 12.6 Å². The molecule has 0 saturated carbocycles. The van der Waals surface area contributed by atoms with Crippen LogP contribution in [-0.2, 0) is 0 Å². The smallest absolute Gasteiger partial charge is 0.143 e. The summed E-state index contributed by atoms with van der Waals surface area (Å²) in [5, 5.41) is 3.37. The highest BCUT2D eigenvalue weighted by molar-refractivity contribution is 5.73. The Hall–Kier alpha value is -1.42. The van der Waals surface area contributed by atoms with Gasteiger partial charge in [-0.05, 0) is 33.2 Å². The number of nitrogen functional groups attached to an aromatic ring is 1.